The van der Waals surface area contributed by atoms with Crippen LogP contribution in [-0.2, 0) is 11.2 Å². The van der Waals surface area contributed by atoms with Crippen LogP contribution < -0.4 is 10.6 Å². The van der Waals surface area contributed by atoms with Crippen LogP contribution in [0.3, 0.4) is 0 Å². The number of carbonyl (C=O) groups is 1. The van der Waals surface area contributed by atoms with E-state index in [0.717, 1.165) is 36.9 Å². The number of hydrogen-bond donors (Lipinski definition) is 2. The Morgan fingerprint density at radius 3 is 3.05 bits per heavy atom. The second kappa shape index (κ2) is 6.15. The lowest BCUT2D eigenvalue weighted by molar-refractivity contribution is -0.123. The molecular formula is C15H21FN2O. The Morgan fingerprint density at radius 2 is 2.32 bits per heavy atom. The lowest BCUT2D eigenvalue weighted by atomic mass is 9.86. The quantitative estimate of drug-likeness (QED) is 0.874. The molecule has 1 amide bonds. The highest BCUT2D eigenvalue weighted by Gasteiger charge is 2.26. The molecule has 1 fully saturated rings. The molecule has 1 heterocycles. The minimum Gasteiger partial charge on any atom is -0.358 e. The number of halogens is 1. The van der Waals surface area contributed by atoms with Gasteiger partial charge in [-0.15, -0.1) is 0 Å². The van der Waals surface area contributed by atoms with Gasteiger partial charge in [0.15, 0.2) is 0 Å². The van der Waals surface area contributed by atoms with Gasteiger partial charge in [0.25, 0.3) is 0 Å². The zero-order chi connectivity index (χ0) is 13.8. The molecule has 0 radical (unpaired) electrons. The van der Waals surface area contributed by atoms with Crippen molar-refractivity contribution in [1.29, 1.82) is 0 Å². The molecule has 3 nitrogen and oxygen atoms in total. The van der Waals surface area contributed by atoms with E-state index in [-0.39, 0.29) is 17.8 Å². The van der Waals surface area contributed by atoms with Gasteiger partial charge in [-0.05, 0) is 61.9 Å². The number of aryl methyl sites for hydroxylation is 1. The highest BCUT2D eigenvalue weighted by molar-refractivity contribution is 5.81. The van der Waals surface area contributed by atoms with E-state index in [0.29, 0.717) is 5.92 Å². The van der Waals surface area contributed by atoms with Crippen LogP contribution in [0.1, 0.15) is 24.0 Å². The third kappa shape index (κ3) is 3.53. The fraction of sp³-hybridized carbons (Fsp3) is 0.533. The van der Waals surface area contributed by atoms with E-state index in [1.165, 1.54) is 6.07 Å². The van der Waals surface area contributed by atoms with Crippen LogP contribution >= 0.6 is 0 Å². The molecule has 19 heavy (non-hydrogen) atoms. The number of nitrogens with one attached hydrogen (secondary N) is 2. The molecule has 1 aromatic carbocycles. The van der Waals surface area contributed by atoms with Crippen LogP contribution in [0.4, 0.5) is 4.39 Å². The molecule has 1 aliphatic heterocycles. The van der Waals surface area contributed by atoms with Gasteiger partial charge >= 0.3 is 0 Å². The lowest BCUT2D eigenvalue weighted by Gasteiger charge is -2.29. The smallest absolute Gasteiger partial charge is 0.236 e. The van der Waals surface area contributed by atoms with E-state index < -0.39 is 0 Å². The first-order valence-electron chi connectivity index (χ1n) is 6.80. The second-order valence-corrected chi connectivity index (χ2v) is 5.29. The maximum atomic E-state index is 13.3. The van der Waals surface area contributed by atoms with Crippen molar-refractivity contribution in [2.45, 2.75) is 32.2 Å². The number of amides is 1. The highest BCUT2D eigenvalue weighted by atomic mass is 19.1. The lowest BCUT2D eigenvalue weighted by Crippen LogP contribution is -2.48. The first kappa shape index (κ1) is 14.0. The van der Waals surface area contributed by atoms with E-state index in [4.69, 9.17) is 0 Å². The maximum absolute atomic E-state index is 13.3. The van der Waals surface area contributed by atoms with Gasteiger partial charge in [0, 0.05) is 7.05 Å². The Labute approximate surface area is 113 Å². The van der Waals surface area contributed by atoms with E-state index >= 15 is 0 Å². The Balaban J connectivity index is 2.02. The van der Waals surface area contributed by atoms with Crippen molar-refractivity contribution in [3.05, 3.63) is 35.1 Å². The minimum atomic E-state index is -0.183. The van der Waals surface area contributed by atoms with Gasteiger partial charge in [-0.3, -0.25) is 4.79 Å². The number of hydrogen-bond acceptors (Lipinski definition) is 2. The molecule has 0 aromatic heterocycles. The molecule has 2 N–H and O–H groups in total. The molecule has 2 rings (SSSR count). The number of piperidine rings is 1. The summed E-state index contributed by atoms with van der Waals surface area (Å²) in [6, 6.07) is 4.82. The average molecular weight is 264 g/mol. The highest BCUT2D eigenvalue weighted by Crippen LogP contribution is 2.23. The van der Waals surface area contributed by atoms with Gasteiger partial charge in [0.1, 0.15) is 5.82 Å². The number of rotatable bonds is 3. The van der Waals surface area contributed by atoms with Crippen molar-refractivity contribution in [3.63, 3.8) is 0 Å². The molecule has 1 saturated heterocycles. The Kier molecular flexibility index (Phi) is 4.53. The SMILES string of the molecule is CNC(=O)C1CC(Cc2cc(F)ccc2C)CCN1. The van der Waals surface area contributed by atoms with Crippen molar-refractivity contribution >= 4 is 5.91 Å². The summed E-state index contributed by atoms with van der Waals surface area (Å²) in [6.45, 7) is 2.85. The molecule has 1 aromatic rings. The van der Waals surface area contributed by atoms with Gasteiger partial charge in [0.05, 0.1) is 6.04 Å². The van der Waals surface area contributed by atoms with E-state index in [2.05, 4.69) is 10.6 Å². The van der Waals surface area contributed by atoms with E-state index in [1.807, 2.05) is 13.0 Å². The fourth-order valence-electron chi connectivity index (χ4n) is 2.73. The molecule has 2 unspecified atom stereocenters. The largest absolute Gasteiger partial charge is 0.358 e. The normalized spacial score (nSPS) is 23.1. The summed E-state index contributed by atoms with van der Waals surface area (Å²) >= 11 is 0. The third-order valence-corrected chi connectivity index (χ3v) is 3.90. The molecule has 0 bridgehead atoms. The first-order valence-corrected chi connectivity index (χ1v) is 6.80. The van der Waals surface area contributed by atoms with Crippen molar-refractivity contribution in [3.8, 4) is 0 Å². The van der Waals surface area contributed by atoms with Gasteiger partial charge in [0.2, 0.25) is 5.91 Å². The molecule has 4 heteroatoms. The van der Waals surface area contributed by atoms with Crippen LogP contribution in [0.5, 0.6) is 0 Å². The molecule has 1 aliphatic rings. The summed E-state index contributed by atoms with van der Waals surface area (Å²) < 4.78 is 13.3. The van der Waals surface area contributed by atoms with Crippen LogP contribution in [0, 0.1) is 18.7 Å². The third-order valence-electron chi connectivity index (χ3n) is 3.90. The van der Waals surface area contributed by atoms with Crippen LogP contribution in [0.25, 0.3) is 0 Å². The van der Waals surface area contributed by atoms with Crippen molar-refractivity contribution in [2.24, 2.45) is 5.92 Å². The van der Waals surface area contributed by atoms with E-state index in [1.54, 1.807) is 13.1 Å². The summed E-state index contributed by atoms with van der Waals surface area (Å²) in [6.07, 6.45) is 2.69. The summed E-state index contributed by atoms with van der Waals surface area (Å²) in [4.78, 5) is 11.7. The van der Waals surface area contributed by atoms with Crippen molar-refractivity contribution in [2.75, 3.05) is 13.6 Å². The molecule has 0 saturated carbocycles. The zero-order valence-corrected chi connectivity index (χ0v) is 11.5. The van der Waals surface area contributed by atoms with Gasteiger partial charge in [-0.1, -0.05) is 6.07 Å². The zero-order valence-electron chi connectivity index (χ0n) is 11.5. The number of benzene rings is 1. The monoisotopic (exact) mass is 264 g/mol. The molecule has 2 atom stereocenters. The molecule has 104 valence electrons. The van der Waals surface area contributed by atoms with Gasteiger partial charge in [-0.25, -0.2) is 4.39 Å². The number of carbonyl (C=O) groups excluding carboxylic acids is 1. The summed E-state index contributed by atoms with van der Waals surface area (Å²) in [5.74, 6) is 0.294. The van der Waals surface area contributed by atoms with E-state index in [9.17, 15) is 9.18 Å². The first-order chi connectivity index (χ1) is 9.10. The predicted octanol–water partition coefficient (Wildman–Crippen LogP) is 1.79. The summed E-state index contributed by atoms with van der Waals surface area (Å²) in [7, 11) is 1.66. The standard InChI is InChI=1S/C15H21FN2O/c1-10-3-4-13(16)9-12(10)7-11-5-6-18-14(8-11)15(19)17-2/h3-4,9,11,14,18H,5-8H2,1-2H3,(H,17,19). The van der Waals surface area contributed by atoms with Crippen LogP contribution in [0.2, 0.25) is 0 Å². The fourth-order valence-corrected chi connectivity index (χ4v) is 2.73. The maximum Gasteiger partial charge on any atom is 0.236 e. The van der Waals surface area contributed by atoms with Crippen molar-refractivity contribution < 1.29 is 9.18 Å². The minimum absolute atomic E-state index is 0.0423. The topological polar surface area (TPSA) is 41.1 Å². The Morgan fingerprint density at radius 1 is 1.53 bits per heavy atom. The Bertz CT molecular complexity index is 461. The van der Waals surface area contributed by atoms with Crippen LogP contribution in [0.15, 0.2) is 18.2 Å². The van der Waals surface area contributed by atoms with Gasteiger partial charge in [-0.2, -0.15) is 0 Å². The molecule has 0 spiro atoms. The number of likely N-dealkylation sites (N-methyl/N-ethyl adjacent to an activating group) is 1. The average Bonchev–Trinajstić information content (AvgIpc) is 2.42. The molecular weight excluding hydrogens is 243 g/mol. The van der Waals surface area contributed by atoms with Crippen molar-refractivity contribution in [1.82, 2.24) is 10.6 Å². The summed E-state index contributed by atoms with van der Waals surface area (Å²) in [5.41, 5.74) is 2.18. The predicted molar refractivity (Wildman–Crippen MR) is 73.4 cm³/mol. The second-order valence-electron chi connectivity index (χ2n) is 5.29. The van der Waals surface area contributed by atoms with Gasteiger partial charge < -0.3 is 10.6 Å². The Hall–Kier alpha value is -1.42. The molecule has 0 aliphatic carbocycles. The van der Waals surface area contributed by atoms with Crippen LogP contribution in [-0.4, -0.2) is 25.5 Å². The summed E-state index contributed by atoms with van der Waals surface area (Å²) in [5, 5.41) is 5.90.